The Morgan fingerprint density at radius 2 is 2.25 bits per heavy atom. The fourth-order valence-electron chi connectivity index (χ4n) is 3.61. The van der Waals surface area contributed by atoms with E-state index in [9.17, 15) is 0 Å². The van der Waals surface area contributed by atoms with Crippen LogP contribution >= 0.6 is 11.8 Å². The van der Waals surface area contributed by atoms with Gasteiger partial charge in [0.2, 0.25) is 0 Å². The SMILES string of the molecule is COc1ccc2c(c1)[C@@H](NCc1nnc3n1CCCC3)CCCS2. The average Bonchev–Trinajstić information content (AvgIpc) is 2.93. The summed E-state index contributed by atoms with van der Waals surface area (Å²) in [4.78, 5) is 1.37. The molecule has 0 amide bonds. The molecule has 1 aromatic carbocycles. The third-order valence-electron chi connectivity index (χ3n) is 4.93. The van der Waals surface area contributed by atoms with E-state index in [4.69, 9.17) is 4.74 Å². The number of aryl methyl sites for hydroxylation is 1. The largest absolute Gasteiger partial charge is 0.497 e. The zero-order chi connectivity index (χ0) is 16.4. The molecule has 24 heavy (non-hydrogen) atoms. The Bertz CT molecular complexity index is 715. The summed E-state index contributed by atoms with van der Waals surface area (Å²) >= 11 is 1.95. The van der Waals surface area contributed by atoms with Gasteiger partial charge in [-0.3, -0.25) is 0 Å². The lowest BCUT2D eigenvalue weighted by molar-refractivity contribution is 0.410. The van der Waals surface area contributed by atoms with Crippen LogP contribution in [-0.2, 0) is 19.5 Å². The van der Waals surface area contributed by atoms with E-state index in [0.717, 1.165) is 43.3 Å². The zero-order valence-electron chi connectivity index (χ0n) is 14.1. The van der Waals surface area contributed by atoms with Crippen molar-refractivity contribution in [1.82, 2.24) is 20.1 Å². The molecule has 2 aliphatic rings. The van der Waals surface area contributed by atoms with Gasteiger partial charge in [0.1, 0.15) is 17.4 Å². The molecule has 0 spiro atoms. The summed E-state index contributed by atoms with van der Waals surface area (Å²) in [5.74, 6) is 4.34. The summed E-state index contributed by atoms with van der Waals surface area (Å²) in [7, 11) is 1.73. The predicted molar refractivity (Wildman–Crippen MR) is 95.5 cm³/mol. The van der Waals surface area contributed by atoms with Crippen LogP contribution in [0.4, 0.5) is 0 Å². The first-order chi connectivity index (χ1) is 11.8. The number of rotatable bonds is 4. The second-order valence-electron chi connectivity index (χ2n) is 6.47. The molecule has 2 aliphatic heterocycles. The van der Waals surface area contributed by atoms with Crippen LogP contribution in [0.25, 0.3) is 0 Å². The van der Waals surface area contributed by atoms with Gasteiger partial charge in [-0.25, -0.2) is 0 Å². The Morgan fingerprint density at radius 3 is 3.17 bits per heavy atom. The molecule has 3 heterocycles. The van der Waals surface area contributed by atoms with Crippen molar-refractivity contribution in [1.29, 1.82) is 0 Å². The van der Waals surface area contributed by atoms with Gasteiger partial charge in [0.05, 0.1) is 13.7 Å². The van der Waals surface area contributed by atoms with Gasteiger partial charge in [-0.2, -0.15) is 0 Å². The van der Waals surface area contributed by atoms with Gasteiger partial charge in [0.25, 0.3) is 0 Å². The van der Waals surface area contributed by atoms with Crippen LogP contribution in [0.15, 0.2) is 23.1 Å². The van der Waals surface area contributed by atoms with E-state index in [1.54, 1.807) is 7.11 Å². The van der Waals surface area contributed by atoms with E-state index in [2.05, 4.69) is 38.3 Å². The molecule has 0 aliphatic carbocycles. The average molecular weight is 344 g/mol. The molecule has 2 aromatic rings. The maximum Gasteiger partial charge on any atom is 0.147 e. The highest BCUT2D eigenvalue weighted by atomic mass is 32.2. The molecule has 0 bridgehead atoms. The van der Waals surface area contributed by atoms with Crippen LogP contribution in [-0.4, -0.2) is 27.6 Å². The van der Waals surface area contributed by atoms with Gasteiger partial charge >= 0.3 is 0 Å². The Balaban J connectivity index is 1.53. The minimum Gasteiger partial charge on any atom is -0.497 e. The number of ether oxygens (including phenoxy) is 1. The number of fused-ring (bicyclic) bond motifs is 2. The summed E-state index contributed by atoms with van der Waals surface area (Å²) in [6, 6.07) is 6.78. The van der Waals surface area contributed by atoms with Crippen LogP contribution in [0.1, 0.15) is 48.9 Å². The van der Waals surface area contributed by atoms with Crippen molar-refractivity contribution in [2.24, 2.45) is 0 Å². The fourth-order valence-corrected chi connectivity index (χ4v) is 4.67. The lowest BCUT2D eigenvalue weighted by Crippen LogP contribution is -2.24. The van der Waals surface area contributed by atoms with Crippen molar-refractivity contribution < 1.29 is 4.74 Å². The van der Waals surface area contributed by atoms with Crippen molar-refractivity contribution in [3.8, 4) is 5.75 Å². The van der Waals surface area contributed by atoms with E-state index >= 15 is 0 Å². The molecular weight excluding hydrogens is 320 g/mol. The van der Waals surface area contributed by atoms with Gasteiger partial charge in [-0.05, 0) is 55.2 Å². The molecular formula is C18H24N4OS. The highest BCUT2D eigenvalue weighted by molar-refractivity contribution is 7.99. The molecule has 0 radical (unpaired) electrons. The highest BCUT2D eigenvalue weighted by Gasteiger charge is 2.21. The Morgan fingerprint density at radius 1 is 1.29 bits per heavy atom. The zero-order valence-corrected chi connectivity index (χ0v) is 14.9. The third kappa shape index (κ3) is 3.17. The molecule has 1 aromatic heterocycles. The summed E-state index contributed by atoms with van der Waals surface area (Å²) in [6.45, 7) is 1.84. The van der Waals surface area contributed by atoms with Gasteiger partial charge in [-0.15, -0.1) is 22.0 Å². The van der Waals surface area contributed by atoms with Crippen LogP contribution in [0, 0.1) is 0 Å². The number of benzene rings is 1. The van der Waals surface area contributed by atoms with Crippen molar-refractivity contribution >= 4 is 11.8 Å². The molecule has 0 saturated heterocycles. The molecule has 128 valence electrons. The summed E-state index contributed by atoms with van der Waals surface area (Å²) in [6.07, 6.45) is 5.90. The molecule has 4 rings (SSSR count). The summed E-state index contributed by atoms with van der Waals surface area (Å²) < 4.78 is 7.73. The van der Waals surface area contributed by atoms with E-state index < -0.39 is 0 Å². The summed E-state index contributed by atoms with van der Waals surface area (Å²) in [5, 5.41) is 12.5. The van der Waals surface area contributed by atoms with E-state index in [1.807, 2.05) is 11.8 Å². The summed E-state index contributed by atoms with van der Waals surface area (Å²) in [5.41, 5.74) is 1.36. The fraction of sp³-hybridized carbons (Fsp3) is 0.556. The molecule has 5 nitrogen and oxygen atoms in total. The van der Waals surface area contributed by atoms with E-state index in [-0.39, 0.29) is 0 Å². The van der Waals surface area contributed by atoms with E-state index in [1.165, 1.54) is 35.5 Å². The van der Waals surface area contributed by atoms with Gasteiger partial charge in [0, 0.05) is 23.9 Å². The highest BCUT2D eigenvalue weighted by Crippen LogP contribution is 2.37. The number of thioether (sulfide) groups is 1. The topological polar surface area (TPSA) is 52.0 Å². The Labute approximate surface area is 147 Å². The quantitative estimate of drug-likeness (QED) is 0.922. The number of hydrogen-bond acceptors (Lipinski definition) is 5. The molecule has 1 N–H and O–H groups in total. The third-order valence-corrected chi connectivity index (χ3v) is 6.11. The monoisotopic (exact) mass is 344 g/mol. The lowest BCUT2D eigenvalue weighted by Gasteiger charge is -2.20. The number of nitrogens with one attached hydrogen (secondary N) is 1. The van der Waals surface area contributed by atoms with Gasteiger partial charge in [0.15, 0.2) is 0 Å². The first kappa shape index (κ1) is 16.0. The number of nitrogens with zero attached hydrogens (tertiary/aromatic N) is 3. The van der Waals surface area contributed by atoms with Crippen molar-refractivity contribution in [2.75, 3.05) is 12.9 Å². The first-order valence-corrected chi connectivity index (χ1v) is 9.79. The Kier molecular flexibility index (Phi) is 4.76. The number of aromatic nitrogens is 3. The standard InChI is InChI=1S/C18H24N4OS/c1-23-13-7-8-16-14(11-13)15(5-4-10-24-16)19-12-18-21-20-17-6-2-3-9-22(17)18/h7-8,11,15,19H,2-6,9-10,12H2,1H3/t15-/m0/s1. The molecule has 0 unspecified atom stereocenters. The van der Waals surface area contributed by atoms with E-state index in [0.29, 0.717) is 6.04 Å². The van der Waals surface area contributed by atoms with Crippen LogP contribution < -0.4 is 10.1 Å². The maximum absolute atomic E-state index is 5.43. The molecule has 1 atom stereocenters. The second kappa shape index (κ2) is 7.15. The first-order valence-electron chi connectivity index (χ1n) is 8.80. The van der Waals surface area contributed by atoms with Crippen LogP contribution in [0.3, 0.4) is 0 Å². The molecule has 0 saturated carbocycles. The molecule has 0 fully saturated rings. The number of hydrogen-bond donors (Lipinski definition) is 1. The van der Waals surface area contributed by atoms with Gasteiger partial charge in [-0.1, -0.05) is 0 Å². The van der Waals surface area contributed by atoms with Crippen molar-refractivity contribution in [3.63, 3.8) is 0 Å². The second-order valence-corrected chi connectivity index (χ2v) is 7.61. The smallest absolute Gasteiger partial charge is 0.147 e. The normalized spacial score (nSPS) is 20.1. The van der Waals surface area contributed by atoms with Gasteiger partial charge < -0.3 is 14.6 Å². The minimum absolute atomic E-state index is 0.349. The lowest BCUT2D eigenvalue weighted by atomic mass is 10.0. The van der Waals surface area contributed by atoms with Crippen LogP contribution in [0.2, 0.25) is 0 Å². The predicted octanol–water partition coefficient (Wildman–Crippen LogP) is 3.34. The minimum atomic E-state index is 0.349. The van der Waals surface area contributed by atoms with Crippen LogP contribution in [0.5, 0.6) is 5.75 Å². The van der Waals surface area contributed by atoms with Crippen molar-refractivity contribution in [3.05, 3.63) is 35.4 Å². The maximum atomic E-state index is 5.43. The Hall–Kier alpha value is -1.53. The molecule has 6 heteroatoms. The number of methoxy groups -OCH3 is 1. The van der Waals surface area contributed by atoms with Crippen molar-refractivity contribution in [2.45, 2.75) is 56.1 Å².